The molecule has 1 aliphatic heterocycles. The number of benzene rings is 1. The van der Waals surface area contributed by atoms with Gasteiger partial charge in [0.2, 0.25) is 0 Å². The lowest BCUT2D eigenvalue weighted by atomic mass is 9.77. The van der Waals surface area contributed by atoms with Gasteiger partial charge < -0.3 is 14.3 Å². The summed E-state index contributed by atoms with van der Waals surface area (Å²) in [5.74, 6) is -0.492. The van der Waals surface area contributed by atoms with Crippen LogP contribution in [0, 0.1) is 12.8 Å². The predicted molar refractivity (Wildman–Crippen MR) is 94.7 cm³/mol. The van der Waals surface area contributed by atoms with E-state index in [1.807, 2.05) is 19.9 Å². The fourth-order valence-corrected chi connectivity index (χ4v) is 3.61. The van der Waals surface area contributed by atoms with Gasteiger partial charge in [-0.3, -0.25) is 4.79 Å². The van der Waals surface area contributed by atoms with Crippen molar-refractivity contribution in [3.05, 3.63) is 52.4 Å². The number of aryl methyl sites for hydroxylation is 1. The maximum atomic E-state index is 12.6. The minimum Gasteiger partial charge on any atom is -0.507 e. The van der Waals surface area contributed by atoms with Gasteiger partial charge >= 0.3 is 11.6 Å². The van der Waals surface area contributed by atoms with Crippen LogP contribution in [0.1, 0.15) is 37.8 Å². The Morgan fingerprint density at radius 2 is 2.12 bits per heavy atom. The van der Waals surface area contributed by atoms with Crippen molar-refractivity contribution in [1.82, 2.24) is 0 Å². The molecule has 0 saturated carbocycles. The third kappa shape index (κ3) is 2.84. The Morgan fingerprint density at radius 1 is 1.40 bits per heavy atom. The molecule has 132 valence electrons. The molecule has 1 aromatic heterocycles. The highest BCUT2D eigenvalue weighted by Crippen LogP contribution is 2.40. The Kier molecular flexibility index (Phi) is 4.19. The Hall–Kier alpha value is -2.56. The number of cyclic esters (lactones) is 1. The highest BCUT2D eigenvalue weighted by atomic mass is 16.5. The van der Waals surface area contributed by atoms with Crippen LogP contribution in [-0.4, -0.2) is 17.2 Å². The molecule has 2 aromatic rings. The molecular formula is C20H22O5. The second kappa shape index (κ2) is 6.06. The molecule has 1 aromatic carbocycles. The summed E-state index contributed by atoms with van der Waals surface area (Å²) in [5, 5.41) is 11.4. The molecule has 0 spiro atoms. The zero-order valence-electron chi connectivity index (χ0n) is 14.7. The van der Waals surface area contributed by atoms with Gasteiger partial charge in [-0.2, -0.15) is 0 Å². The molecule has 3 atom stereocenters. The maximum Gasteiger partial charge on any atom is 0.344 e. The molecule has 25 heavy (non-hydrogen) atoms. The molecule has 0 radical (unpaired) electrons. The van der Waals surface area contributed by atoms with Gasteiger partial charge in [0, 0.05) is 5.41 Å². The molecule has 1 fully saturated rings. The van der Waals surface area contributed by atoms with Crippen molar-refractivity contribution in [2.45, 2.75) is 45.1 Å². The summed E-state index contributed by atoms with van der Waals surface area (Å²) in [6.45, 7) is 9.30. The molecule has 3 rings (SSSR count). The zero-order chi connectivity index (χ0) is 18.4. The Bertz CT molecular complexity index is 910. The standard InChI is InChI=1S/C20H22O5/c1-5-20(4,10-13-9-12(3)18(22)24-13)16-17(21)15-11(2)7-6-8-14(15)25-19(16)23/h5-8,12-13,21H,1,9-10H2,2-4H3/t12-,13+,20+/m0/s1. The Labute approximate surface area is 145 Å². The second-order valence-electron chi connectivity index (χ2n) is 7.08. The third-order valence-electron chi connectivity index (χ3n) is 5.09. The van der Waals surface area contributed by atoms with Gasteiger partial charge in [0.15, 0.2) is 0 Å². The zero-order valence-corrected chi connectivity index (χ0v) is 14.7. The fourth-order valence-electron chi connectivity index (χ4n) is 3.61. The summed E-state index contributed by atoms with van der Waals surface area (Å²) in [4.78, 5) is 24.3. The topological polar surface area (TPSA) is 76.7 Å². The van der Waals surface area contributed by atoms with E-state index < -0.39 is 11.0 Å². The van der Waals surface area contributed by atoms with E-state index in [0.717, 1.165) is 5.56 Å². The molecule has 1 saturated heterocycles. The first-order valence-corrected chi connectivity index (χ1v) is 8.37. The molecule has 1 N–H and O–H groups in total. The number of esters is 1. The summed E-state index contributed by atoms with van der Waals surface area (Å²) >= 11 is 0. The van der Waals surface area contributed by atoms with E-state index in [0.29, 0.717) is 23.8 Å². The van der Waals surface area contributed by atoms with Crippen LogP contribution in [-0.2, 0) is 14.9 Å². The van der Waals surface area contributed by atoms with Crippen LogP contribution in [0.3, 0.4) is 0 Å². The van der Waals surface area contributed by atoms with E-state index in [-0.39, 0.29) is 29.3 Å². The fraction of sp³-hybridized carbons (Fsp3) is 0.400. The lowest BCUT2D eigenvalue weighted by Gasteiger charge is -2.28. The van der Waals surface area contributed by atoms with Gasteiger partial charge in [0.25, 0.3) is 0 Å². The maximum absolute atomic E-state index is 12.6. The molecule has 0 aliphatic carbocycles. The van der Waals surface area contributed by atoms with Crippen molar-refractivity contribution in [3.8, 4) is 5.75 Å². The van der Waals surface area contributed by atoms with Crippen molar-refractivity contribution >= 4 is 16.9 Å². The van der Waals surface area contributed by atoms with Gasteiger partial charge in [-0.15, -0.1) is 6.58 Å². The number of fused-ring (bicyclic) bond motifs is 1. The molecule has 2 heterocycles. The van der Waals surface area contributed by atoms with Crippen molar-refractivity contribution in [2.24, 2.45) is 5.92 Å². The molecule has 0 unspecified atom stereocenters. The summed E-state index contributed by atoms with van der Waals surface area (Å²) < 4.78 is 10.8. The van der Waals surface area contributed by atoms with Crippen LogP contribution in [0.2, 0.25) is 0 Å². The van der Waals surface area contributed by atoms with Gasteiger partial charge in [-0.05, 0) is 31.4 Å². The average Bonchev–Trinajstić information content (AvgIpc) is 2.84. The number of ether oxygens (including phenoxy) is 1. The van der Waals surface area contributed by atoms with E-state index in [9.17, 15) is 14.7 Å². The van der Waals surface area contributed by atoms with Gasteiger partial charge in [-0.1, -0.05) is 32.1 Å². The second-order valence-corrected chi connectivity index (χ2v) is 7.08. The van der Waals surface area contributed by atoms with Crippen molar-refractivity contribution in [2.75, 3.05) is 0 Å². The minimum absolute atomic E-state index is 0.0934. The quantitative estimate of drug-likeness (QED) is 0.522. The molecule has 5 heteroatoms. The summed E-state index contributed by atoms with van der Waals surface area (Å²) in [6.07, 6.45) is 2.24. The average molecular weight is 342 g/mol. The molecule has 0 bridgehead atoms. The number of hydrogen-bond donors (Lipinski definition) is 1. The predicted octanol–water partition coefficient (Wildman–Crippen LogP) is 3.59. The number of hydrogen-bond acceptors (Lipinski definition) is 5. The Balaban J connectivity index is 2.12. The van der Waals surface area contributed by atoms with Crippen molar-refractivity contribution in [3.63, 3.8) is 0 Å². The Morgan fingerprint density at radius 3 is 2.72 bits per heavy atom. The highest BCUT2D eigenvalue weighted by Gasteiger charge is 2.39. The minimum atomic E-state index is -0.879. The lowest BCUT2D eigenvalue weighted by Crippen LogP contribution is -2.31. The largest absolute Gasteiger partial charge is 0.507 e. The SMILES string of the molecule is C=C[C@](C)(C[C@H]1C[C@H](C)C(=O)O1)c1c(O)c2c(C)cccc2oc1=O. The number of carbonyl (C=O) groups is 1. The number of rotatable bonds is 4. The van der Waals surface area contributed by atoms with Crippen LogP contribution < -0.4 is 5.63 Å². The first-order chi connectivity index (χ1) is 11.8. The van der Waals surface area contributed by atoms with Crippen LogP contribution >= 0.6 is 0 Å². The first kappa shape index (κ1) is 17.3. The van der Waals surface area contributed by atoms with Crippen LogP contribution in [0.25, 0.3) is 11.0 Å². The van der Waals surface area contributed by atoms with Gasteiger partial charge in [-0.25, -0.2) is 4.79 Å². The smallest absolute Gasteiger partial charge is 0.344 e. The van der Waals surface area contributed by atoms with E-state index in [2.05, 4.69) is 6.58 Å². The molecule has 5 nitrogen and oxygen atoms in total. The highest BCUT2D eigenvalue weighted by molar-refractivity contribution is 5.87. The summed E-state index contributed by atoms with van der Waals surface area (Å²) in [6, 6.07) is 5.27. The molecular weight excluding hydrogens is 320 g/mol. The molecule has 1 aliphatic rings. The van der Waals surface area contributed by atoms with Crippen molar-refractivity contribution in [1.29, 1.82) is 0 Å². The first-order valence-electron chi connectivity index (χ1n) is 8.37. The van der Waals surface area contributed by atoms with Gasteiger partial charge in [0.1, 0.15) is 17.4 Å². The number of allylic oxidation sites excluding steroid dienone is 1. The number of carbonyl (C=O) groups excluding carboxylic acids is 1. The normalized spacial score (nSPS) is 22.6. The summed E-state index contributed by atoms with van der Waals surface area (Å²) in [7, 11) is 0. The number of aromatic hydroxyl groups is 1. The van der Waals surface area contributed by atoms with E-state index in [1.165, 1.54) is 0 Å². The third-order valence-corrected chi connectivity index (χ3v) is 5.09. The molecule has 0 amide bonds. The van der Waals surface area contributed by atoms with E-state index in [4.69, 9.17) is 9.15 Å². The van der Waals surface area contributed by atoms with E-state index >= 15 is 0 Å². The van der Waals surface area contributed by atoms with Crippen LogP contribution in [0.5, 0.6) is 5.75 Å². The lowest BCUT2D eigenvalue weighted by molar-refractivity contribution is -0.144. The van der Waals surface area contributed by atoms with Crippen molar-refractivity contribution < 1.29 is 19.1 Å². The van der Waals surface area contributed by atoms with Crippen LogP contribution in [0.4, 0.5) is 0 Å². The van der Waals surface area contributed by atoms with Crippen LogP contribution in [0.15, 0.2) is 40.1 Å². The van der Waals surface area contributed by atoms with Gasteiger partial charge in [0.05, 0.1) is 16.9 Å². The summed E-state index contributed by atoms with van der Waals surface area (Å²) in [5.41, 5.74) is -0.169. The monoisotopic (exact) mass is 342 g/mol. The van der Waals surface area contributed by atoms with E-state index in [1.54, 1.807) is 25.1 Å².